The summed E-state index contributed by atoms with van der Waals surface area (Å²) in [5.74, 6) is -1.82. The number of hydrogen-bond donors (Lipinski definition) is 1. The predicted molar refractivity (Wildman–Crippen MR) is 166 cm³/mol. The molecule has 8 nitrogen and oxygen atoms in total. The average Bonchev–Trinajstić information content (AvgIpc) is 3.40. The molecule has 12 heteroatoms. The minimum absolute atomic E-state index is 0.0576. The molecule has 0 radical (unpaired) electrons. The molecule has 3 aromatic carbocycles. The smallest absolute Gasteiger partial charge is 0.422 e. The number of alkyl halides is 3. The van der Waals surface area contributed by atoms with E-state index in [0.717, 1.165) is 53.5 Å². The van der Waals surface area contributed by atoms with Crippen LogP contribution < -0.4 is 20.1 Å². The average molecular weight is 646 g/mol. The second-order valence-electron chi connectivity index (χ2n) is 11.3. The van der Waals surface area contributed by atoms with Crippen LogP contribution in [0, 0.1) is 5.82 Å². The molecule has 1 amide bonds. The van der Waals surface area contributed by atoms with Crippen molar-refractivity contribution in [1.82, 2.24) is 4.90 Å². The van der Waals surface area contributed by atoms with E-state index >= 15 is 0 Å². The number of carbonyl (C=O) groups is 2. The first kappa shape index (κ1) is 34.6. The number of hydrogen-bond acceptors (Lipinski definition) is 7. The third-order valence-electron chi connectivity index (χ3n) is 7.68. The number of halogens is 4. The molecule has 4 rings (SSSR count). The number of primary amides is 1. The molecule has 1 aliphatic heterocycles. The van der Waals surface area contributed by atoms with E-state index in [1.54, 1.807) is 0 Å². The van der Waals surface area contributed by atoms with Gasteiger partial charge in [0, 0.05) is 45.2 Å². The summed E-state index contributed by atoms with van der Waals surface area (Å²) >= 11 is 0. The van der Waals surface area contributed by atoms with Crippen molar-refractivity contribution in [3.8, 4) is 11.5 Å². The Morgan fingerprint density at radius 3 is 2.46 bits per heavy atom. The van der Waals surface area contributed by atoms with Gasteiger partial charge >= 0.3 is 12.1 Å². The maximum Gasteiger partial charge on any atom is 0.422 e. The van der Waals surface area contributed by atoms with Gasteiger partial charge in [-0.25, -0.2) is 4.39 Å². The molecule has 2 N–H and O–H groups in total. The van der Waals surface area contributed by atoms with Crippen molar-refractivity contribution in [3.05, 3.63) is 88.7 Å². The van der Waals surface area contributed by atoms with Crippen LogP contribution in [-0.2, 0) is 28.9 Å². The van der Waals surface area contributed by atoms with Crippen molar-refractivity contribution < 1.29 is 41.4 Å². The van der Waals surface area contributed by atoms with Crippen molar-refractivity contribution in [1.29, 1.82) is 0 Å². The lowest BCUT2D eigenvalue weighted by molar-refractivity contribution is -0.153. The molecular weight excluding hydrogens is 606 g/mol. The third kappa shape index (κ3) is 10.1. The largest absolute Gasteiger partial charge is 0.488 e. The molecule has 248 valence electrons. The first-order chi connectivity index (χ1) is 21.9. The van der Waals surface area contributed by atoms with Gasteiger partial charge < -0.3 is 24.8 Å². The molecule has 0 aliphatic carbocycles. The molecule has 0 fully saturated rings. The number of fused-ring (bicyclic) bond motifs is 1. The fraction of sp³-hybridized carbons (Fsp3) is 0.412. The normalized spacial score (nSPS) is 13.4. The Kier molecular flexibility index (Phi) is 11.9. The number of rotatable bonds is 16. The Morgan fingerprint density at radius 2 is 1.76 bits per heavy atom. The maximum absolute atomic E-state index is 14.0. The van der Waals surface area contributed by atoms with Gasteiger partial charge in [-0.3, -0.25) is 14.5 Å². The van der Waals surface area contributed by atoms with Gasteiger partial charge in [0.25, 0.3) is 5.91 Å². The summed E-state index contributed by atoms with van der Waals surface area (Å²) < 4.78 is 67.9. The second-order valence-corrected chi connectivity index (χ2v) is 11.3. The van der Waals surface area contributed by atoms with E-state index < -0.39 is 24.5 Å². The molecule has 1 atom stereocenters. The zero-order valence-corrected chi connectivity index (χ0v) is 25.9. The molecule has 0 saturated carbocycles. The third-order valence-corrected chi connectivity index (χ3v) is 7.68. The van der Waals surface area contributed by atoms with Gasteiger partial charge in [-0.15, -0.1) is 0 Å². The van der Waals surface area contributed by atoms with Crippen LogP contribution in [0.2, 0.25) is 0 Å². The Hall–Kier alpha value is -4.32. The van der Waals surface area contributed by atoms with Crippen LogP contribution in [0.4, 0.5) is 23.2 Å². The Labute approximate surface area is 266 Å². The minimum atomic E-state index is -4.55. The molecule has 1 aliphatic rings. The zero-order chi connectivity index (χ0) is 33.3. The van der Waals surface area contributed by atoms with Crippen LogP contribution in [0.25, 0.3) is 0 Å². The number of nitrogens with two attached hydrogens (primary N) is 1. The van der Waals surface area contributed by atoms with Crippen molar-refractivity contribution >= 4 is 17.6 Å². The first-order valence-electron chi connectivity index (χ1n) is 15.1. The van der Waals surface area contributed by atoms with Crippen molar-refractivity contribution in [2.75, 3.05) is 44.4 Å². The summed E-state index contributed by atoms with van der Waals surface area (Å²) in [4.78, 5) is 27.9. The summed E-state index contributed by atoms with van der Waals surface area (Å²) in [5.41, 5.74) is 10.1. The van der Waals surface area contributed by atoms with Gasteiger partial charge in [0.15, 0.2) is 18.1 Å². The highest BCUT2D eigenvalue weighted by Gasteiger charge is 2.29. The monoisotopic (exact) mass is 645 g/mol. The zero-order valence-electron chi connectivity index (χ0n) is 25.9. The van der Waals surface area contributed by atoms with E-state index in [1.807, 2.05) is 43.3 Å². The predicted octanol–water partition coefficient (Wildman–Crippen LogP) is 5.69. The molecule has 1 heterocycles. The lowest BCUT2D eigenvalue weighted by atomic mass is 9.97. The van der Waals surface area contributed by atoms with E-state index in [0.29, 0.717) is 44.6 Å². The highest BCUT2D eigenvalue weighted by molar-refractivity contribution is 6.00. The van der Waals surface area contributed by atoms with E-state index in [1.165, 1.54) is 6.92 Å². The molecule has 0 bridgehead atoms. The Morgan fingerprint density at radius 1 is 1.00 bits per heavy atom. The fourth-order valence-electron chi connectivity index (χ4n) is 5.58. The SMILES string of the molecule is CC(=O)OCCCN1CCc2cc(C[C@@H](C)N(CCOc3cc(F)ccc3OCC(F)(F)F)Cc3ccccc3)cc(C(N)=O)c21. The molecular formula is C34H39F4N3O5. The van der Waals surface area contributed by atoms with Gasteiger partial charge in [-0.05, 0) is 61.1 Å². The molecule has 0 saturated heterocycles. The number of amides is 1. The number of ether oxygens (including phenoxy) is 3. The summed E-state index contributed by atoms with van der Waals surface area (Å²) in [6, 6.07) is 16.8. The number of esters is 1. The van der Waals surface area contributed by atoms with Crippen molar-refractivity contribution in [2.45, 2.75) is 51.9 Å². The molecule has 46 heavy (non-hydrogen) atoms. The van der Waals surface area contributed by atoms with Crippen molar-refractivity contribution in [2.24, 2.45) is 5.73 Å². The van der Waals surface area contributed by atoms with E-state index in [2.05, 4.69) is 15.9 Å². The summed E-state index contributed by atoms with van der Waals surface area (Å²) in [6.07, 6.45) is -2.60. The summed E-state index contributed by atoms with van der Waals surface area (Å²) in [5, 5.41) is 0. The fourth-order valence-corrected chi connectivity index (χ4v) is 5.58. The molecule has 3 aromatic rings. The van der Waals surface area contributed by atoms with Gasteiger partial charge in [0.05, 0.1) is 17.9 Å². The van der Waals surface area contributed by atoms with Gasteiger partial charge in [0.1, 0.15) is 12.4 Å². The van der Waals surface area contributed by atoms with E-state index in [9.17, 15) is 27.2 Å². The number of nitrogens with zero attached hydrogens (tertiary/aromatic N) is 2. The van der Waals surface area contributed by atoms with Crippen LogP contribution >= 0.6 is 0 Å². The molecule has 0 aromatic heterocycles. The van der Waals surface area contributed by atoms with Crippen LogP contribution in [-0.4, -0.2) is 68.4 Å². The first-order valence-corrected chi connectivity index (χ1v) is 15.1. The van der Waals surface area contributed by atoms with Crippen LogP contribution in [0.5, 0.6) is 11.5 Å². The van der Waals surface area contributed by atoms with E-state index in [4.69, 9.17) is 19.9 Å². The number of benzene rings is 3. The summed E-state index contributed by atoms with van der Waals surface area (Å²) in [7, 11) is 0. The number of anilines is 1. The second kappa shape index (κ2) is 15.8. The quantitative estimate of drug-likeness (QED) is 0.122. The standard InChI is InChI=1S/C34H39F4N3O5/c1-23(17-26-18-27-11-13-40(12-6-15-44-24(2)42)32(27)29(19-26)33(39)43)41(21-25-7-4-3-5-8-25)14-16-45-31-20-28(35)9-10-30(31)46-22-34(36,37)38/h3-5,7-10,18-20,23H,6,11-17,21-22H2,1-2H3,(H2,39,43)/t23-/m1/s1. The highest BCUT2D eigenvalue weighted by atomic mass is 19.4. The minimum Gasteiger partial charge on any atom is -0.488 e. The number of carbonyl (C=O) groups excluding carboxylic acids is 2. The van der Waals surface area contributed by atoms with Gasteiger partial charge in [-0.2, -0.15) is 13.2 Å². The van der Waals surface area contributed by atoms with Gasteiger partial charge in [-0.1, -0.05) is 36.4 Å². The lowest BCUT2D eigenvalue weighted by Crippen LogP contribution is -2.37. The van der Waals surface area contributed by atoms with Gasteiger partial charge in [0.2, 0.25) is 0 Å². The summed E-state index contributed by atoms with van der Waals surface area (Å²) in [6.45, 7) is 4.51. The molecule has 0 unspecified atom stereocenters. The highest BCUT2D eigenvalue weighted by Crippen LogP contribution is 2.34. The maximum atomic E-state index is 14.0. The molecule has 0 spiro atoms. The van der Waals surface area contributed by atoms with Crippen LogP contribution in [0.1, 0.15) is 47.3 Å². The van der Waals surface area contributed by atoms with Crippen LogP contribution in [0.15, 0.2) is 60.7 Å². The van der Waals surface area contributed by atoms with Crippen molar-refractivity contribution in [3.63, 3.8) is 0 Å². The Balaban J connectivity index is 1.48. The van der Waals surface area contributed by atoms with E-state index in [-0.39, 0.29) is 30.1 Å². The van der Waals surface area contributed by atoms with Crippen LogP contribution in [0.3, 0.4) is 0 Å². The topological polar surface area (TPSA) is 94.3 Å². The lowest BCUT2D eigenvalue weighted by Gasteiger charge is -2.30. The Bertz CT molecular complexity index is 1490.